The molecule has 70 valence electrons. The molecule has 0 heterocycles. The van der Waals surface area contributed by atoms with Gasteiger partial charge in [0.15, 0.2) is 0 Å². The third-order valence-corrected chi connectivity index (χ3v) is 3.09. The highest BCUT2D eigenvalue weighted by Gasteiger charge is 2.30. The monoisotopic (exact) mass is 176 g/mol. The molecule has 1 aromatic carbocycles. The lowest BCUT2D eigenvalue weighted by atomic mass is 9.72. The van der Waals surface area contributed by atoms with Gasteiger partial charge in [0.05, 0.1) is 6.10 Å². The molecule has 1 aliphatic rings. The zero-order chi connectivity index (χ0) is 9.47. The van der Waals surface area contributed by atoms with E-state index >= 15 is 0 Å². The maximum absolute atomic E-state index is 9.79. The van der Waals surface area contributed by atoms with Crippen LogP contribution in [0.5, 0.6) is 0 Å². The van der Waals surface area contributed by atoms with Gasteiger partial charge in [0, 0.05) is 0 Å². The van der Waals surface area contributed by atoms with Crippen molar-refractivity contribution in [1.29, 1.82) is 0 Å². The van der Waals surface area contributed by atoms with E-state index in [1.807, 2.05) is 12.1 Å². The normalized spacial score (nSPS) is 25.3. The van der Waals surface area contributed by atoms with Gasteiger partial charge in [-0.1, -0.05) is 38.1 Å². The van der Waals surface area contributed by atoms with E-state index in [0.717, 1.165) is 18.4 Å². The van der Waals surface area contributed by atoms with Crippen molar-refractivity contribution in [3.8, 4) is 0 Å². The lowest BCUT2D eigenvalue weighted by Gasteiger charge is -2.34. The van der Waals surface area contributed by atoms with E-state index < -0.39 is 0 Å². The summed E-state index contributed by atoms with van der Waals surface area (Å²) in [7, 11) is 0. The number of fused-ring (bicyclic) bond motifs is 1. The highest BCUT2D eigenvalue weighted by molar-refractivity contribution is 5.36. The first-order chi connectivity index (χ1) is 6.11. The summed E-state index contributed by atoms with van der Waals surface area (Å²) in [5.74, 6) is 0. The van der Waals surface area contributed by atoms with Crippen molar-refractivity contribution >= 4 is 0 Å². The van der Waals surface area contributed by atoms with Crippen molar-refractivity contribution in [2.45, 2.75) is 38.2 Å². The van der Waals surface area contributed by atoms with E-state index in [4.69, 9.17) is 0 Å². The molecule has 0 spiro atoms. The molecular weight excluding hydrogens is 160 g/mol. The number of hydrogen-bond donors (Lipinski definition) is 1. The van der Waals surface area contributed by atoms with Gasteiger partial charge in [-0.3, -0.25) is 0 Å². The summed E-state index contributed by atoms with van der Waals surface area (Å²) in [6.45, 7) is 4.50. The largest absolute Gasteiger partial charge is 0.388 e. The first-order valence-corrected chi connectivity index (χ1v) is 4.89. The van der Waals surface area contributed by atoms with E-state index in [1.54, 1.807) is 0 Å². The Morgan fingerprint density at radius 2 is 2.00 bits per heavy atom. The van der Waals surface area contributed by atoms with Crippen LogP contribution in [0.1, 0.15) is 43.9 Å². The van der Waals surface area contributed by atoms with Crippen LogP contribution in [-0.2, 0) is 5.41 Å². The van der Waals surface area contributed by atoms with E-state index in [9.17, 15) is 5.11 Å². The van der Waals surface area contributed by atoms with Crippen LogP contribution in [0.15, 0.2) is 24.3 Å². The summed E-state index contributed by atoms with van der Waals surface area (Å²) in [6.07, 6.45) is 1.72. The predicted molar refractivity (Wildman–Crippen MR) is 53.7 cm³/mol. The predicted octanol–water partition coefficient (Wildman–Crippen LogP) is 2.79. The van der Waals surface area contributed by atoms with Crippen molar-refractivity contribution in [3.63, 3.8) is 0 Å². The Morgan fingerprint density at radius 1 is 1.31 bits per heavy atom. The molecule has 0 bridgehead atoms. The molecule has 13 heavy (non-hydrogen) atoms. The van der Waals surface area contributed by atoms with Gasteiger partial charge in [-0.2, -0.15) is 0 Å². The van der Waals surface area contributed by atoms with Gasteiger partial charge in [0.2, 0.25) is 0 Å². The fraction of sp³-hybridized carbons (Fsp3) is 0.500. The van der Waals surface area contributed by atoms with Crippen molar-refractivity contribution in [1.82, 2.24) is 0 Å². The SMILES string of the molecule is CC1(C)CC[C@@H](O)c2ccccc21. The standard InChI is InChI=1S/C12H16O/c1-12(2)8-7-11(13)9-5-3-4-6-10(9)12/h3-6,11,13H,7-8H2,1-2H3/t11-/m1/s1. The maximum Gasteiger partial charge on any atom is 0.0793 e. The summed E-state index contributed by atoms with van der Waals surface area (Å²) in [4.78, 5) is 0. The summed E-state index contributed by atoms with van der Waals surface area (Å²) in [5, 5.41) is 9.79. The summed E-state index contributed by atoms with van der Waals surface area (Å²) < 4.78 is 0. The minimum Gasteiger partial charge on any atom is -0.388 e. The molecule has 0 amide bonds. The van der Waals surface area contributed by atoms with Crippen LogP contribution in [0.2, 0.25) is 0 Å². The molecule has 0 saturated heterocycles. The van der Waals surface area contributed by atoms with E-state index in [0.29, 0.717) is 0 Å². The summed E-state index contributed by atoms with van der Waals surface area (Å²) in [6, 6.07) is 8.24. The van der Waals surface area contributed by atoms with Crippen LogP contribution in [0.3, 0.4) is 0 Å². The highest BCUT2D eigenvalue weighted by Crippen LogP contribution is 2.40. The van der Waals surface area contributed by atoms with E-state index in [2.05, 4.69) is 26.0 Å². The second-order valence-corrected chi connectivity index (χ2v) is 4.53. The van der Waals surface area contributed by atoms with Crippen molar-refractivity contribution in [2.24, 2.45) is 0 Å². The second-order valence-electron chi connectivity index (χ2n) is 4.53. The Kier molecular flexibility index (Phi) is 1.92. The maximum atomic E-state index is 9.79. The van der Waals surface area contributed by atoms with Gasteiger partial charge in [-0.05, 0) is 29.4 Å². The average Bonchev–Trinajstić information content (AvgIpc) is 2.13. The van der Waals surface area contributed by atoms with Crippen molar-refractivity contribution in [3.05, 3.63) is 35.4 Å². The van der Waals surface area contributed by atoms with Crippen LogP contribution >= 0.6 is 0 Å². The highest BCUT2D eigenvalue weighted by atomic mass is 16.3. The molecule has 0 radical (unpaired) electrons. The van der Waals surface area contributed by atoms with Gasteiger partial charge < -0.3 is 5.11 Å². The first-order valence-electron chi connectivity index (χ1n) is 4.89. The zero-order valence-electron chi connectivity index (χ0n) is 8.25. The molecule has 1 aromatic rings. The minimum atomic E-state index is -0.246. The second kappa shape index (κ2) is 2.85. The molecule has 0 unspecified atom stereocenters. The number of hydrogen-bond acceptors (Lipinski definition) is 1. The Labute approximate surface area is 79.4 Å². The number of aliphatic hydroxyl groups is 1. The topological polar surface area (TPSA) is 20.2 Å². The Bertz CT molecular complexity index is 315. The van der Waals surface area contributed by atoms with Gasteiger partial charge in [0.1, 0.15) is 0 Å². The molecule has 1 atom stereocenters. The quantitative estimate of drug-likeness (QED) is 0.644. The fourth-order valence-corrected chi connectivity index (χ4v) is 2.19. The number of benzene rings is 1. The van der Waals surface area contributed by atoms with Gasteiger partial charge in [-0.15, -0.1) is 0 Å². The minimum absolute atomic E-state index is 0.232. The van der Waals surface area contributed by atoms with Crippen LogP contribution in [0, 0.1) is 0 Å². The molecule has 0 fully saturated rings. The first kappa shape index (κ1) is 8.76. The lowest BCUT2D eigenvalue weighted by molar-refractivity contribution is 0.139. The smallest absolute Gasteiger partial charge is 0.0793 e. The third-order valence-electron chi connectivity index (χ3n) is 3.09. The zero-order valence-corrected chi connectivity index (χ0v) is 8.25. The Hall–Kier alpha value is -0.820. The molecule has 1 nitrogen and oxygen atoms in total. The molecule has 2 rings (SSSR count). The molecule has 0 saturated carbocycles. The van der Waals surface area contributed by atoms with Gasteiger partial charge in [0.25, 0.3) is 0 Å². The molecule has 0 aromatic heterocycles. The van der Waals surface area contributed by atoms with Crippen LogP contribution < -0.4 is 0 Å². The summed E-state index contributed by atoms with van der Waals surface area (Å²) in [5.41, 5.74) is 2.67. The Morgan fingerprint density at radius 3 is 2.69 bits per heavy atom. The van der Waals surface area contributed by atoms with E-state index in [1.165, 1.54) is 5.56 Å². The lowest BCUT2D eigenvalue weighted by Crippen LogP contribution is -2.25. The van der Waals surface area contributed by atoms with Crippen molar-refractivity contribution in [2.75, 3.05) is 0 Å². The van der Waals surface area contributed by atoms with E-state index in [-0.39, 0.29) is 11.5 Å². The molecular formula is C12H16O. The molecule has 1 aliphatic carbocycles. The van der Waals surface area contributed by atoms with Gasteiger partial charge >= 0.3 is 0 Å². The molecule has 0 aliphatic heterocycles. The van der Waals surface area contributed by atoms with Gasteiger partial charge in [-0.25, -0.2) is 0 Å². The Balaban J connectivity index is 2.55. The van der Waals surface area contributed by atoms with Crippen molar-refractivity contribution < 1.29 is 5.11 Å². The molecule has 1 heteroatoms. The van der Waals surface area contributed by atoms with Crippen LogP contribution in [0.25, 0.3) is 0 Å². The third kappa shape index (κ3) is 1.37. The van der Waals surface area contributed by atoms with Crippen LogP contribution in [0.4, 0.5) is 0 Å². The van der Waals surface area contributed by atoms with Crippen LogP contribution in [-0.4, -0.2) is 5.11 Å². The average molecular weight is 176 g/mol. The fourth-order valence-electron chi connectivity index (χ4n) is 2.19. The number of aliphatic hydroxyl groups excluding tert-OH is 1. The summed E-state index contributed by atoms with van der Waals surface area (Å²) >= 11 is 0. The molecule has 1 N–H and O–H groups in total. The number of rotatable bonds is 0.